The van der Waals surface area contributed by atoms with Crippen LogP contribution in [-0.2, 0) is 10.2 Å². The molecular formula is C15H26N4O2. The molecule has 0 atom stereocenters. The molecule has 0 unspecified atom stereocenters. The zero-order valence-electron chi connectivity index (χ0n) is 13.4. The van der Waals surface area contributed by atoms with Crippen LogP contribution in [0.15, 0.2) is 10.6 Å². The van der Waals surface area contributed by atoms with Gasteiger partial charge < -0.3 is 9.84 Å². The van der Waals surface area contributed by atoms with E-state index < -0.39 is 0 Å². The SMILES string of the molecule is CNC1CCN(CC(=O)Nc2cc(C(C)(C)C)no2)CC1. The number of hydrogen-bond acceptors (Lipinski definition) is 5. The van der Waals surface area contributed by atoms with Crippen LogP contribution >= 0.6 is 0 Å². The summed E-state index contributed by atoms with van der Waals surface area (Å²) in [4.78, 5) is 14.2. The second kappa shape index (κ2) is 6.58. The molecule has 0 spiro atoms. The van der Waals surface area contributed by atoms with Crippen molar-refractivity contribution in [3.05, 3.63) is 11.8 Å². The fraction of sp³-hybridized carbons (Fsp3) is 0.733. The van der Waals surface area contributed by atoms with Crippen molar-refractivity contribution in [2.24, 2.45) is 0 Å². The lowest BCUT2D eigenvalue weighted by atomic mass is 9.92. The van der Waals surface area contributed by atoms with E-state index in [1.54, 1.807) is 6.07 Å². The average Bonchev–Trinajstić information content (AvgIpc) is 2.88. The van der Waals surface area contributed by atoms with Crippen LogP contribution in [0.3, 0.4) is 0 Å². The minimum Gasteiger partial charge on any atom is -0.338 e. The maximum atomic E-state index is 12.0. The lowest BCUT2D eigenvalue weighted by molar-refractivity contribution is -0.117. The Hall–Kier alpha value is -1.40. The Morgan fingerprint density at radius 3 is 2.62 bits per heavy atom. The molecule has 1 saturated heterocycles. The maximum Gasteiger partial charge on any atom is 0.240 e. The molecule has 0 bridgehead atoms. The number of hydrogen-bond donors (Lipinski definition) is 2. The quantitative estimate of drug-likeness (QED) is 0.882. The van der Waals surface area contributed by atoms with Gasteiger partial charge in [-0.2, -0.15) is 0 Å². The average molecular weight is 294 g/mol. The number of carbonyl (C=O) groups excluding carboxylic acids is 1. The van der Waals surface area contributed by atoms with E-state index in [0.29, 0.717) is 18.5 Å². The Balaban J connectivity index is 1.81. The highest BCUT2D eigenvalue weighted by Crippen LogP contribution is 2.23. The number of aromatic nitrogens is 1. The third-order valence-corrected chi connectivity index (χ3v) is 3.90. The summed E-state index contributed by atoms with van der Waals surface area (Å²) in [6.45, 7) is 8.47. The topological polar surface area (TPSA) is 70.4 Å². The molecule has 2 N–H and O–H groups in total. The minimum absolute atomic E-state index is 0.0467. The van der Waals surface area contributed by atoms with E-state index in [-0.39, 0.29) is 11.3 Å². The lowest BCUT2D eigenvalue weighted by Crippen LogP contribution is -2.44. The highest BCUT2D eigenvalue weighted by molar-refractivity contribution is 5.91. The van der Waals surface area contributed by atoms with Crippen molar-refractivity contribution in [1.82, 2.24) is 15.4 Å². The van der Waals surface area contributed by atoms with Gasteiger partial charge in [-0.1, -0.05) is 25.9 Å². The molecule has 1 aromatic rings. The van der Waals surface area contributed by atoms with Crippen LogP contribution in [0.1, 0.15) is 39.3 Å². The van der Waals surface area contributed by atoms with Gasteiger partial charge in [0.25, 0.3) is 0 Å². The monoisotopic (exact) mass is 294 g/mol. The summed E-state index contributed by atoms with van der Waals surface area (Å²) < 4.78 is 5.17. The van der Waals surface area contributed by atoms with E-state index in [1.807, 2.05) is 7.05 Å². The third kappa shape index (κ3) is 4.54. The minimum atomic E-state index is -0.0818. The van der Waals surface area contributed by atoms with Crippen molar-refractivity contribution in [2.45, 2.75) is 45.1 Å². The zero-order chi connectivity index (χ0) is 15.5. The Kier molecular flexibility index (Phi) is 5.00. The van der Waals surface area contributed by atoms with Gasteiger partial charge in [-0.05, 0) is 19.9 Å². The number of rotatable bonds is 4. The molecule has 1 fully saturated rings. The standard InChI is InChI=1S/C15H26N4O2/c1-15(2,3)12-9-14(21-18-12)17-13(20)10-19-7-5-11(16-4)6-8-19/h9,11,16H,5-8,10H2,1-4H3,(H,17,20). The van der Waals surface area contributed by atoms with Crippen LogP contribution < -0.4 is 10.6 Å². The highest BCUT2D eigenvalue weighted by Gasteiger charge is 2.22. The van der Waals surface area contributed by atoms with Crippen LogP contribution in [0.25, 0.3) is 0 Å². The summed E-state index contributed by atoms with van der Waals surface area (Å²) >= 11 is 0. The maximum absolute atomic E-state index is 12.0. The molecule has 0 radical (unpaired) electrons. The van der Waals surface area contributed by atoms with Crippen molar-refractivity contribution < 1.29 is 9.32 Å². The van der Waals surface area contributed by atoms with Gasteiger partial charge in [-0.25, -0.2) is 0 Å². The Morgan fingerprint density at radius 1 is 1.43 bits per heavy atom. The summed E-state index contributed by atoms with van der Waals surface area (Å²) in [5.41, 5.74) is 0.759. The normalized spacial score (nSPS) is 17.9. The van der Waals surface area contributed by atoms with Gasteiger partial charge in [0.05, 0.1) is 12.2 Å². The van der Waals surface area contributed by atoms with Crippen molar-refractivity contribution in [2.75, 3.05) is 32.0 Å². The molecule has 0 aliphatic carbocycles. The molecule has 1 amide bonds. The van der Waals surface area contributed by atoms with Crippen LogP contribution in [-0.4, -0.2) is 48.7 Å². The van der Waals surface area contributed by atoms with Crippen molar-refractivity contribution in [3.8, 4) is 0 Å². The van der Waals surface area contributed by atoms with Crippen LogP contribution in [0.5, 0.6) is 0 Å². The van der Waals surface area contributed by atoms with Crippen molar-refractivity contribution in [1.29, 1.82) is 0 Å². The first-order valence-corrected chi connectivity index (χ1v) is 7.55. The second-order valence-corrected chi connectivity index (χ2v) is 6.71. The fourth-order valence-electron chi connectivity index (χ4n) is 2.45. The van der Waals surface area contributed by atoms with E-state index >= 15 is 0 Å². The molecule has 1 aliphatic rings. The number of likely N-dealkylation sites (tertiary alicyclic amines) is 1. The second-order valence-electron chi connectivity index (χ2n) is 6.71. The number of piperidine rings is 1. The summed E-state index contributed by atoms with van der Waals surface area (Å²) in [7, 11) is 1.99. The largest absolute Gasteiger partial charge is 0.338 e. The summed E-state index contributed by atoms with van der Waals surface area (Å²) in [6, 6.07) is 2.37. The van der Waals surface area contributed by atoms with Crippen LogP contribution in [0, 0.1) is 0 Å². The van der Waals surface area contributed by atoms with Gasteiger partial charge in [-0.3, -0.25) is 15.0 Å². The van der Waals surface area contributed by atoms with Gasteiger partial charge >= 0.3 is 0 Å². The molecular weight excluding hydrogens is 268 g/mol. The Bertz CT molecular complexity index is 470. The van der Waals surface area contributed by atoms with E-state index in [4.69, 9.17) is 4.52 Å². The smallest absolute Gasteiger partial charge is 0.240 e. The molecule has 1 aliphatic heterocycles. The van der Waals surface area contributed by atoms with Gasteiger partial charge in [0, 0.05) is 30.6 Å². The van der Waals surface area contributed by atoms with Gasteiger partial charge in [-0.15, -0.1) is 0 Å². The van der Waals surface area contributed by atoms with Crippen molar-refractivity contribution in [3.63, 3.8) is 0 Å². The predicted octanol–water partition coefficient (Wildman–Crippen LogP) is 1.59. The zero-order valence-corrected chi connectivity index (χ0v) is 13.4. The Labute approximate surface area is 126 Å². The first-order chi connectivity index (χ1) is 9.88. The summed E-state index contributed by atoms with van der Waals surface area (Å²) in [5, 5.41) is 10.1. The third-order valence-electron chi connectivity index (χ3n) is 3.90. The number of anilines is 1. The number of nitrogens with zero attached hydrogens (tertiary/aromatic N) is 2. The first-order valence-electron chi connectivity index (χ1n) is 7.55. The molecule has 2 heterocycles. The number of nitrogens with one attached hydrogen (secondary N) is 2. The van der Waals surface area contributed by atoms with E-state index in [0.717, 1.165) is 31.6 Å². The number of carbonyl (C=O) groups is 1. The van der Waals surface area contributed by atoms with Gasteiger partial charge in [0.15, 0.2) is 0 Å². The number of amides is 1. The van der Waals surface area contributed by atoms with Crippen LogP contribution in [0.4, 0.5) is 5.88 Å². The molecule has 6 heteroatoms. The van der Waals surface area contributed by atoms with Gasteiger partial charge in [0.1, 0.15) is 0 Å². The van der Waals surface area contributed by atoms with Gasteiger partial charge in [0.2, 0.25) is 11.8 Å². The highest BCUT2D eigenvalue weighted by atomic mass is 16.5. The molecule has 0 saturated carbocycles. The van der Waals surface area contributed by atoms with Crippen molar-refractivity contribution >= 4 is 11.8 Å². The first kappa shape index (κ1) is 16.0. The predicted molar refractivity (Wildman–Crippen MR) is 82.4 cm³/mol. The molecule has 2 rings (SSSR count). The van der Waals surface area contributed by atoms with E-state index in [1.165, 1.54) is 0 Å². The summed E-state index contributed by atoms with van der Waals surface area (Å²) in [6.07, 6.45) is 2.17. The molecule has 6 nitrogen and oxygen atoms in total. The molecule has 1 aromatic heterocycles. The van der Waals surface area contributed by atoms with E-state index in [2.05, 4.69) is 41.5 Å². The lowest BCUT2D eigenvalue weighted by Gasteiger charge is -2.30. The fourth-order valence-corrected chi connectivity index (χ4v) is 2.45. The molecule has 118 valence electrons. The molecule has 21 heavy (non-hydrogen) atoms. The molecule has 0 aromatic carbocycles. The van der Waals surface area contributed by atoms with E-state index in [9.17, 15) is 4.79 Å². The van der Waals surface area contributed by atoms with Crippen LogP contribution in [0.2, 0.25) is 0 Å². The Morgan fingerprint density at radius 2 is 2.10 bits per heavy atom. The summed E-state index contributed by atoms with van der Waals surface area (Å²) in [5.74, 6) is 0.379.